The summed E-state index contributed by atoms with van der Waals surface area (Å²) >= 11 is 0. The molecule has 1 aromatic rings. The van der Waals surface area contributed by atoms with Crippen LogP contribution in [0.4, 0.5) is 0 Å². The number of hydrogen-bond donors (Lipinski definition) is 1. The molecule has 0 spiro atoms. The second-order valence-electron chi connectivity index (χ2n) is 4.97. The average Bonchev–Trinajstić information content (AvgIpc) is 2.80. The van der Waals surface area contributed by atoms with Gasteiger partial charge in [-0.15, -0.1) is 0 Å². The van der Waals surface area contributed by atoms with Gasteiger partial charge in [-0.1, -0.05) is 6.92 Å². The van der Waals surface area contributed by atoms with Crippen LogP contribution in [-0.2, 0) is 11.3 Å². The van der Waals surface area contributed by atoms with Gasteiger partial charge in [-0.3, -0.25) is 4.68 Å². The van der Waals surface area contributed by atoms with Crippen molar-refractivity contribution < 1.29 is 4.74 Å². The van der Waals surface area contributed by atoms with Crippen LogP contribution in [-0.4, -0.2) is 29.0 Å². The lowest BCUT2D eigenvalue weighted by Gasteiger charge is -2.14. The summed E-state index contributed by atoms with van der Waals surface area (Å²) in [4.78, 5) is 0. The molecule has 0 saturated carbocycles. The van der Waals surface area contributed by atoms with Gasteiger partial charge in [-0.2, -0.15) is 5.10 Å². The fourth-order valence-corrected chi connectivity index (χ4v) is 1.78. The number of hydrogen-bond acceptors (Lipinski definition) is 3. The van der Waals surface area contributed by atoms with Gasteiger partial charge in [0.2, 0.25) is 0 Å². The Morgan fingerprint density at radius 1 is 1.39 bits per heavy atom. The third kappa shape index (κ3) is 5.19. The Bertz CT molecular complexity index is 323. The SMILES string of the molecule is CCC(C)n1nccc1CNCCCOC(C)C. The van der Waals surface area contributed by atoms with E-state index in [0.29, 0.717) is 12.1 Å². The first-order valence-electron chi connectivity index (χ1n) is 6.99. The van der Waals surface area contributed by atoms with Crippen molar-refractivity contribution in [1.82, 2.24) is 15.1 Å². The summed E-state index contributed by atoms with van der Waals surface area (Å²) in [7, 11) is 0. The molecule has 0 bridgehead atoms. The molecule has 104 valence electrons. The number of nitrogens with one attached hydrogen (secondary N) is 1. The molecule has 1 atom stereocenters. The summed E-state index contributed by atoms with van der Waals surface area (Å²) in [6.07, 6.45) is 4.37. The van der Waals surface area contributed by atoms with Crippen LogP contribution in [0.15, 0.2) is 12.3 Å². The molecule has 4 nitrogen and oxygen atoms in total. The molecule has 0 aromatic carbocycles. The molecule has 0 fully saturated rings. The van der Waals surface area contributed by atoms with E-state index in [-0.39, 0.29) is 0 Å². The summed E-state index contributed by atoms with van der Waals surface area (Å²) in [5, 5.41) is 7.82. The van der Waals surface area contributed by atoms with Crippen molar-refractivity contribution >= 4 is 0 Å². The highest BCUT2D eigenvalue weighted by molar-refractivity contribution is 5.01. The maximum absolute atomic E-state index is 5.50. The molecule has 0 saturated heterocycles. The van der Waals surface area contributed by atoms with Crippen molar-refractivity contribution in [2.45, 2.75) is 59.2 Å². The van der Waals surface area contributed by atoms with Gasteiger partial charge in [-0.05, 0) is 46.2 Å². The van der Waals surface area contributed by atoms with Gasteiger partial charge in [-0.25, -0.2) is 0 Å². The third-order valence-electron chi connectivity index (χ3n) is 3.02. The zero-order chi connectivity index (χ0) is 13.4. The van der Waals surface area contributed by atoms with E-state index < -0.39 is 0 Å². The Balaban J connectivity index is 2.21. The zero-order valence-electron chi connectivity index (χ0n) is 12.1. The van der Waals surface area contributed by atoms with E-state index >= 15 is 0 Å². The van der Waals surface area contributed by atoms with Gasteiger partial charge in [0.05, 0.1) is 11.8 Å². The predicted octanol–water partition coefficient (Wildman–Crippen LogP) is 2.76. The molecule has 1 rings (SSSR count). The van der Waals surface area contributed by atoms with Crippen LogP contribution in [0.1, 0.15) is 52.3 Å². The Morgan fingerprint density at radius 3 is 2.83 bits per heavy atom. The lowest BCUT2D eigenvalue weighted by atomic mass is 10.2. The lowest BCUT2D eigenvalue weighted by molar-refractivity contribution is 0.0770. The smallest absolute Gasteiger partial charge is 0.0525 e. The highest BCUT2D eigenvalue weighted by Crippen LogP contribution is 2.11. The molecule has 0 amide bonds. The molecule has 1 unspecified atom stereocenters. The summed E-state index contributed by atoms with van der Waals surface area (Å²) in [5.74, 6) is 0. The highest BCUT2D eigenvalue weighted by Gasteiger charge is 2.07. The number of rotatable bonds is 9. The monoisotopic (exact) mass is 253 g/mol. The molecule has 0 aliphatic rings. The Morgan fingerprint density at radius 2 is 2.17 bits per heavy atom. The van der Waals surface area contributed by atoms with Crippen molar-refractivity contribution in [3.05, 3.63) is 18.0 Å². The van der Waals surface area contributed by atoms with Crippen LogP contribution >= 0.6 is 0 Å². The van der Waals surface area contributed by atoms with Crippen LogP contribution in [0.5, 0.6) is 0 Å². The molecule has 1 N–H and O–H groups in total. The molecule has 0 aliphatic carbocycles. The van der Waals surface area contributed by atoms with Crippen molar-refractivity contribution in [1.29, 1.82) is 0 Å². The highest BCUT2D eigenvalue weighted by atomic mass is 16.5. The van der Waals surface area contributed by atoms with E-state index in [4.69, 9.17) is 4.74 Å². The number of nitrogens with zero attached hydrogens (tertiary/aromatic N) is 2. The maximum atomic E-state index is 5.50. The molecular formula is C14H27N3O. The first-order chi connectivity index (χ1) is 8.65. The maximum Gasteiger partial charge on any atom is 0.0525 e. The topological polar surface area (TPSA) is 39.1 Å². The van der Waals surface area contributed by atoms with Crippen molar-refractivity contribution in [2.24, 2.45) is 0 Å². The molecule has 1 heterocycles. The largest absolute Gasteiger partial charge is 0.379 e. The van der Waals surface area contributed by atoms with Gasteiger partial charge in [0, 0.05) is 25.4 Å². The Hall–Kier alpha value is -0.870. The van der Waals surface area contributed by atoms with Crippen LogP contribution in [0.3, 0.4) is 0 Å². The quantitative estimate of drug-likeness (QED) is 0.688. The van der Waals surface area contributed by atoms with Gasteiger partial charge in [0.15, 0.2) is 0 Å². The number of ether oxygens (including phenoxy) is 1. The van der Waals surface area contributed by atoms with Gasteiger partial charge in [0.1, 0.15) is 0 Å². The van der Waals surface area contributed by atoms with Crippen LogP contribution in [0, 0.1) is 0 Å². The molecule has 4 heteroatoms. The minimum absolute atomic E-state index is 0.330. The Labute approximate surface area is 111 Å². The summed E-state index contributed by atoms with van der Waals surface area (Å²) in [5.41, 5.74) is 1.26. The number of aromatic nitrogens is 2. The van der Waals surface area contributed by atoms with Crippen LogP contribution in [0.2, 0.25) is 0 Å². The fourth-order valence-electron chi connectivity index (χ4n) is 1.78. The normalized spacial score (nSPS) is 13.2. The molecule has 0 radical (unpaired) electrons. The molecule has 0 aliphatic heterocycles. The van der Waals surface area contributed by atoms with E-state index in [1.807, 2.05) is 6.20 Å². The third-order valence-corrected chi connectivity index (χ3v) is 3.02. The fraction of sp³-hybridized carbons (Fsp3) is 0.786. The van der Waals surface area contributed by atoms with Crippen molar-refractivity contribution in [2.75, 3.05) is 13.2 Å². The zero-order valence-corrected chi connectivity index (χ0v) is 12.1. The predicted molar refractivity (Wildman–Crippen MR) is 74.6 cm³/mol. The summed E-state index contributed by atoms with van der Waals surface area (Å²) in [6, 6.07) is 2.56. The van der Waals surface area contributed by atoms with Crippen molar-refractivity contribution in [3.8, 4) is 0 Å². The van der Waals surface area contributed by atoms with E-state index in [2.05, 4.69) is 48.9 Å². The lowest BCUT2D eigenvalue weighted by Crippen LogP contribution is -2.20. The molecule has 18 heavy (non-hydrogen) atoms. The minimum Gasteiger partial charge on any atom is -0.379 e. The van der Waals surface area contributed by atoms with Gasteiger partial charge >= 0.3 is 0 Å². The standard InChI is InChI=1S/C14H27N3O/c1-5-13(4)17-14(7-9-16-17)11-15-8-6-10-18-12(2)3/h7,9,12-13,15H,5-6,8,10-11H2,1-4H3. The molecule has 1 aromatic heterocycles. The summed E-state index contributed by atoms with van der Waals surface area (Å²) < 4.78 is 7.61. The summed E-state index contributed by atoms with van der Waals surface area (Å²) in [6.45, 7) is 11.2. The van der Waals surface area contributed by atoms with Gasteiger partial charge in [0.25, 0.3) is 0 Å². The first-order valence-corrected chi connectivity index (χ1v) is 6.99. The first kappa shape index (κ1) is 15.2. The van der Waals surface area contributed by atoms with Gasteiger partial charge < -0.3 is 10.1 Å². The van der Waals surface area contributed by atoms with Crippen molar-refractivity contribution in [3.63, 3.8) is 0 Å². The second-order valence-corrected chi connectivity index (χ2v) is 4.97. The minimum atomic E-state index is 0.330. The Kier molecular flexibility index (Phi) is 6.98. The average molecular weight is 253 g/mol. The van der Waals surface area contributed by atoms with Crippen LogP contribution in [0.25, 0.3) is 0 Å². The van der Waals surface area contributed by atoms with E-state index in [9.17, 15) is 0 Å². The van der Waals surface area contributed by atoms with Crippen LogP contribution < -0.4 is 5.32 Å². The van der Waals surface area contributed by atoms with E-state index in [1.54, 1.807) is 0 Å². The second kappa shape index (κ2) is 8.27. The van der Waals surface area contributed by atoms with E-state index in [1.165, 1.54) is 5.69 Å². The van der Waals surface area contributed by atoms with E-state index in [0.717, 1.165) is 32.5 Å². The molecular weight excluding hydrogens is 226 g/mol.